The summed E-state index contributed by atoms with van der Waals surface area (Å²) in [5.74, 6) is -0.00378. The van der Waals surface area contributed by atoms with Gasteiger partial charge in [0.25, 0.3) is 10.0 Å². The predicted molar refractivity (Wildman–Crippen MR) is 83.2 cm³/mol. The van der Waals surface area contributed by atoms with E-state index in [2.05, 4.69) is 5.32 Å². The van der Waals surface area contributed by atoms with Gasteiger partial charge in [0, 0.05) is 26.2 Å². The Labute approximate surface area is 133 Å². The van der Waals surface area contributed by atoms with Crippen molar-refractivity contribution in [2.75, 3.05) is 39.8 Å². The van der Waals surface area contributed by atoms with Crippen LogP contribution in [0.25, 0.3) is 0 Å². The van der Waals surface area contributed by atoms with E-state index >= 15 is 0 Å². The second-order valence-corrected chi connectivity index (χ2v) is 8.61. The number of thiophene rings is 1. The standard InChI is InChI=1S/C12H18ClN3O3S2/c1-14-9-11(17)15-5-2-6-16(8-7-15)21(18,19)12-4-3-10(13)20-12/h3-4,14H,2,5-9H2,1H3. The molecule has 0 aromatic carbocycles. The highest BCUT2D eigenvalue weighted by Crippen LogP contribution is 2.28. The Morgan fingerprint density at radius 3 is 2.71 bits per heavy atom. The normalized spacial score (nSPS) is 17.7. The molecule has 1 aliphatic rings. The molecule has 6 nitrogen and oxygen atoms in total. The Balaban J connectivity index is 2.07. The second kappa shape index (κ2) is 7.06. The molecule has 2 rings (SSSR count). The third-order valence-electron chi connectivity index (χ3n) is 3.28. The molecule has 1 aliphatic heterocycles. The molecule has 0 unspecified atom stereocenters. The van der Waals surface area contributed by atoms with Gasteiger partial charge in [0.2, 0.25) is 5.91 Å². The summed E-state index contributed by atoms with van der Waals surface area (Å²) < 4.78 is 27.2. The number of sulfonamides is 1. The van der Waals surface area contributed by atoms with E-state index in [1.54, 1.807) is 18.0 Å². The van der Waals surface area contributed by atoms with E-state index < -0.39 is 10.0 Å². The summed E-state index contributed by atoms with van der Waals surface area (Å²) in [6.45, 7) is 2.00. The lowest BCUT2D eigenvalue weighted by Gasteiger charge is -2.21. The fraction of sp³-hybridized carbons (Fsp3) is 0.583. The zero-order valence-electron chi connectivity index (χ0n) is 11.7. The number of amides is 1. The van der Waals surface area contributed by atoms with Crippen LogP contribution in [0.3, 0.4) is 0 Å². The van der Waals surface area contributed by atoms with Gasteiger partial charge in [-0.2, -0.15) is 4.31 Å². The maximum absolute atomic E-state index is 12.5. The minimum Gasteiger partial charge on any atom is -0.340 e. The number of carbonyl (C=O) groups is 1. The van der Waals surface area contributed by atoms with Gasteiger partial charge in [0.1, 0.15) is 4.21 Å². The number of hydrogen-bond donors (Lipinski definition) is 1. The smallest absolute Gasteiger partial charge is 0.252 e. The first-order valence-corrected chi connectivity index (χ1v) is 9.26. The van der Waals surface area contributed by atoms with Gasteiger partial charge in [-0.05, 0) is 25.6 Å². The van der Waals surface area contributed by atoms with E-state index in [-0.39, 0.29) is 16.7 Å². The highest BCUT2D eigenvalue weighted by molar-refractivity contribution is 7.91. The highest BCUT2D eigenvalue weighted by atomic mass is 35.5. The number of hydrogen-bond acceptors (Lipinski definition) is 5. The zero-order chi connectivity index (χ0) is 15.5. The van der Waals surface area contributed by atoms with Crippen LogP contribution in [0.5, 0.6) is 0 Å². The van der Waals surface area contributed by atoms with Crippen LogP contribution >= 0.6 is 22.9 Å². The lowest BCUT2D eigenvalue weighted by molar-refractivity contribution is -0.129. The zero-order valence-corrected chi connectivity index (χ0v) is 14.1. The summed E-state index contributed by atoms with van der Waals surface area (Å²) in [7, 11) is -1.80. The summed E-state index contributed by atoms with van der Waals surface area (Å²) >= 11 is 6.87. The molecule has 1 saturated heterocycles. The van der Waals surface area contributed by atoms with Gasteiger partial charge in [0.15, 0.2) is 0 Å². The average Bonchev–Trinajstić information content (AvgIpc) is 2.74. The van der Waals surface area contributed by atoms with Crippen molar-refractivity contribution >= 4 is 38.9 Å². The molecule has 21 heavy (non-hydrogen) atoms. The number of nitrogens with one attached hydrogen (secondary N) is 1. The third-order valence-corrected chi connectivity index (χ3v) is 6.88. The lowest BCUT2D eigenvalue weighted by atomic mass is 10.4. The van der Waals surface area contributed by atoms with Gasteiger partial charge in [-0.1, -0.05) is 11.6 Å². The number of rotatable bonds is 4. The molecule has 0 atom stereocenters. The van der Waals surface area contributed by atoms with Crippen LogP contribution in [-0.4, -0.2) is 63.3 Å². The number of carbonyl (C=O) groups excluding carboxylic acids is 1. The second-order valence-electron chi connectivity index (χ2n) is 4.73. The van der Waals surface area contributed by atoms with Crippen molar-refractivity contribution in [2.45, 2.75) is 10.6 Å². The predicted octanol–water partition coefficient (Wildman–Crippen LogP) is 0.844. The SMILES string of the molecule is CNCC(=O)N1CCCN(S(=O)(=O)c2ccc(Cl)s2)CC1. The maximum Gasteiger partial charge on any atom is 0.252 e. The van der Waals surface area contributed by atoms with Crippen LogP contribution in [0.1, 0.15) is 6.42 Å². The van der Waals surface area contributed by atoms with Crippen molar-refractivity contribution in [3.63, 3.8) is 0 Å². The largest absolute Gasteiger partial charge is 0.340 e. The van der Waals surface area contributed by atoms with Crippen LogP contribution in [-0.2, 0) is 14.8 Å². The average molecular weight is 352 g/mol. The van der Waals surface area contributed by atoms with E-state index in [4.69, 9.17) is 11.6 Å². The van der Waals surface area contributed by atoms with Gasteiger partial charge in [-0.3, -0.25) is 4.79 Å². The van der Waals surface area contributed by atoms with Crippen LogP contribution in [0, 0.1) is 0 Å². The van der Waals surface area contributed by atoms with Gasteiger partial charge < -0.3 is 10.2 Å². The molecule has 1 fully saturated rings. The van der Waals surface area contributed by atoms with Crippen molar-refractivity contribution < 1.29 is 13.2 Å². The van der Waals surface area contributed by atoms with Crippen LogP contribution < -0.4 is 5.32 Å². The van der Waals surface area contributed by atoms with Crippen LogP contribution in [0.4, 0.5) is 0 Å². The number of nitrogens with zero attached hydrogens (tertiary/aromatic N) is 2. The molecule has 118 valence electrons. The number of likely N-dealkylation sites (N-methyl/N-ethyl adjacent to an activating group) is 1. The van der Waals surface area contributed by atoms with E-state index in [0.717, 1.165) is 11.3 Å². The first kappa shape index (κ1) is 16.7. The van der Waals surface area contributed by atoms with E-state index in [9.17, 15) is 13.2 Å². The molecular weight excluding hydrogens is 334 g/mol. The van der Waals surface area contributed by atoms with E-state index in [1.807, 2.05) is 0 Å². The van der Waals surface area contributed by atoms with Gasteiger partial charge in [0.05, 0.1) is 10.9 Å². The molecule has 9 heteroatoms. The third kappa shape index (κ3) is 3.95. The Morgan fingerprint density at radius 1 is 1.33 bits per heavy atom. The molecule has 1 aromatic heterocycles. The molecular formula is C12H18ClN3O3S2. The van der Waals surface area contributed by atoms with Crippen molar-refractivity contribution in [3.05, 3.63) is 16.5 Å². The lowest BCUT2D eigenvalue weighted by Crippen LogP contribution is -2.40. The fourth-order valence-electron chi connectivity index (χ4n) is 2.21. The minimum absolute atomic E-state index is 0.00378. The Bertz CT molecular complexity index is 603. The quantitative estimate of drug-likeness (QED) is 0.873. The van der Waals surface area contributed by atoms with Crippen molar-refractivity contribution in [1.82, 2.24) is 14.5 Å². The Morgan fingerprint density at radius 2 is 2.10 bits per heavy atom. The first-order valence-electron chi connectivity index (χ1n) is 6.63. The Hall–Kier alpha value is -0.670. The van der Waals surface area contributed by atoms with Gasteiger partial charge in [-0.25, -0.2) is 8.42 Å². The maximum atomic E-state index is 12.5. The molecule has 0 spiro atoms. The van der Waals surface area contributed by atoms with Gasteiger partial charge >= 0.3 is 0 Å². The summed E-state index contributed by atoms with van der Waals surface area (Å²) in [5.41, 5.74) is 0. The molecule has 1 N–H and O–H groups in total. The fourth-order valence-corrected chi connectivity index (χ4v) is 5.32. The van der Waals surface area contributed by atoms with Gasteiger partial charge in [-0.15, -0.1) is 11.3 Å². The molecule has 0 saturated carbocycles. The minimum atomic E-state index is -3.51. The summed E-state index contributed by atoms with van der Waals surface area (Å²) in [6.07, 6.45) is 0.633. The van der Waals surface area contributed by atoms with Crippen LogP contribution in [0.15, 0.2) is 16.3 Å². The van der Waals surface area contributed by atoms with Crippen molar-refractivity contribution in [2.24, 2.45) is 0 Å². The first-order chi connectivity index (χ1) is 9.95. The molecule has 1 amide bonds. The summed E-state index contributed by atoms with van der Waals surface area (Å²) in [4.78, 5) is 13.6. The summed E-state index contributed by atoms with van der Waals surface area (Å²) in [5, 5.41) is 2.82. The topological polar surface area (TPSA) is 69.7 Å². The molecule has 0 radical (unpaired) electrons. The highest BCUT2D eigenvalue weighted by Gasteiger charge is 2.29. The number of halogens is 1. The van der Waals surface area contributed by atoms with E-state index in [0.29, 0.717) is 36.9 Å². The monoisotopic (exact) mass is 351 g/mol. The van der Waals surface area contributed by atoms with Crippen molar-refractivity contribution in [1.29, 1.82) is 0 Å². The molecule has 0 aliphatic carbocycles. The van der Waals surface area contributed by atoms with E-state index in [1.165, 1.54) is 10.4 Å². The molecule has 0 bridgehead atoms. The van der Waals surface area contributed by atoms with Crippen molar-refractivity contribution in [3.8, 4) is 0 Å². The van der Waals surface area contributed by atoms with Crippen LogP contribution in [0.2, 0.25) is 4.34 Å². The summed E-state index contributed by atoms with van der Waals surface area (Å²) in [6, 6.07) is 3.11. The molecule has 1 aromatic rings. The molecule has 2 heterocycles. The Kier molecular flexibility index (Phi) is 5.61.